The van der Waals surface area contributed by atoms with Gasteiger partial charge in [0.05, 0.1) is 22.7 Å². The van der Waals surface area contributed by atoms with Crippen LogP contribution in [-0.2, 0) is 6.42 Å². The molecule has 0 aliphatic heterocycles. The zero-order valence-electron chi connectivity index (χ0n) is 38.8. The summed E-state index contributed by atoms with van der Waals surface area (Å²) in [5.74, 6) is 20.0. The summed E-state index contributed by atoms with van der Waals surface area (Å²) in [6, 6.07) is 58.3. The molecular formula is C58H58N4O4. The van der Waals surface area contributed by atoms with Gasteiger partial charge in [0.2, 0.25) is 0 Å². The lowest BCUT2D eigenvalue weighted by atomic mass is 9.93. The minimum absolute atomic E-state index is 0.160. The molecule has 1 atom stereocenters. The van der Waals surface area contributed by atoms with Crippen molar-refractivity contribution < 1.29 is 18.9 Å². The van der Waals surface area contributed by atoms with Gasteiger partial charge < -0.3 is 18.9 Å². The molecule has 1 unspecified atom stereocenters. The second kappa shape index (κ2) is 20.1. The van der Waals surface area contributed by atoms with Gasteiger partial charge in [-0.05, 0) is 153 Å². The second-order valence-electron chi connectivity index (χ2n) is 17.4. The lowest BCUT2D eigenvalue weighted by molar-refractivity contribution is 0.470. The van der Waals surface area contributed by atoms with Crippen LogP contribution in [0.15, 0.2) is 176 Å². The van der Waals surface area contributed by atoms with E-state index in [1.165, 1.54) is 22.3 Å². The highest BCUT2D eigenvalue weighted by atomic mass is 16.5. The molecule has 8 aromatic rings. The smallest absolute Gasteiger partial charge is 0.132 e. The van der Waals surface area contributed by atoms with E-state index < -0.39 is 0 Å². The van der Waals surface area contributed by atoms with Crippen molar-refractivity contribution in [3.05, 3.63) is 215 Å². The molecule has 334 valence electrons. The van der Waals surface area contributed by atoms with Gasteiger partial charge >= 0.3 is 0 Å². The first kappa shape index (κ1) is 45.1. The largest absolute Gasteiger partial charge is 0.457 e. The fraction of sp³-hybridized carbons (Fsp3) is 0.172. The molecular weight excluding hydrogens is 817 g/mol. The Morgan fingerprint density at radius 3 is 1.30 bits per heavy atom. The van der Waals surface area contributed by atoms with Crippen LogP contribution in [0.3, 0.4) is 0 Å². The average molecular weight is 875 g/mol. The molecule has 0 saturated heterocycles. The molecule has 0 radical (unpaired) electrons. The third-order valence-corrected chi connectivity index (χ3v) is 11.7. The van der Waals surface area contributed by atoms with E-state index in [-0.39, 0.29) is 5.92 Å². The summed E-state index contributed by atoms with van der Waals surface area (Å²) in [7, 11) is 0. The lowest BCUT2D eigenvalue weighted by Gasteiger charge is -2.23. The van der Waals surface area contributed by atoms with Gasteiger partial charge in [-0.25, -0.2) is 11.7 Å². The number of anilines is 4. The van der Waals surface area contributed by atoms with Gasteiger partial charge in [-0.3, -0.25) is 10.0 Å². The van der Waals surface area contributed by atoms with Crippen LogP contribution in [0.4, 0.5) is 22.7 Å². The highest BCUT2D eigenvalue weighted by molar-refractivity contribution is 5.67. The second-order valence-corrected chi connectivity index (χ2v) is 17.4. The minimum Gasteiger partial charge on any atom is -0.457 e. The number of hydrogen-bond donors (Lipinski definition) is 2. The van der Waals surface area contributed by atoms with Crippen molar-refractivity contribution in [3.8, 4) is 46.0 Å². The Balaban J connectivity index is 0.957. The molecule has 8 rings (SSSR count). The van der Waals surface area contributed by atoms with E-state index in [0.717, 1.165) is 74.6 Å². The van der Waals surface area contributed by atoms with Crippen LogP contribution >= 0.6 is 0 Å². The molecule has 0 amide bonds. The Morgan fingerprint density at radius 1 is 0.394 bits per heavy atom. The normalized spacial score (nSPS) is 11.5. The molecule has 8 nitrogen and oxygen atoms in total. The Hall–Kier alpha value is -7.52. The third kappa shape index (κ3) is 11.0. The molecule has 0 fully saturated rings. The lowest BCUT2D eigenvalue weighted by Crippen LogP contribution is -2.25. The van der Waals surface area contributed by atoms with Crippen molar-refractivity contribution in [2.75, 3.05) is 10.0 Å². The monoisotopic (exact) mass is 874 g/mol. The van der Waals surface area contributed by atoms with Gasteiger partial charge in [-0.15, -0.1) is 0 Å². The summed E-state index contributed by atoms with van der Waals surface area (Å²) in [5.41, 5.74) is 11.1. The van der Waals surface area contributed by atoms with Gasteiger partial charge in [0.15, 0.2) is 0 Å². The van der Waals surface area contributed by atoms with Crippen LogP contribution in [0.25, 0.3) is 0 Å². The van der Waals surface area contributed by atoms with Crippen LogP contribution in [0.2, 0.25) is 0 Å². The molecule has 0 aliphatic carbocycles. The number of ether oxygens (including phenoxy) is 4. The van der Waals surface area contributed by atoms with E-state index >= 15 is 0 Å². The maximum absolute atomic E-state index is 6.84. The summed E-state index contributed by atoms with van der Waals surface area (Å²) >= 11 is 0. The zero-order valence-corrected chi connectivity index (χ0v) is 38.8. The van der Waals surface area contributed by atoms with Crippen LogP contribution in [-0.4, -0.2) is 0 Å². The molecule has 0 saturated carbocycles. The summed E-state index contributed by atoms with van der Waals surface area (Å²) in [6.45, 7) is 14.9. The summed E-state index contributed by atoms with van der Waals surface area (Å²) in [5, 5.41) is 3.29. The van der Waals surface area contributed by atoms with Crippen molar-refractivity contribution in [2.45, 2.75) is 66.7 Å². The van der Waals surface area contributed by atoms with Crippen molar-refractivity contribution in [1.29, 1.82) is 0 Å². The number of hydrogen-bond acceptors (Lipinski definition) is 8. The van der Waals surface area contributed by atoms with E-state index in [1.807, 2.05) is 134 Å². The van der Waals surface area contributed by atoms with Gasteiger partial charge in [-0.2, -0.15) is 0 Å². The Bertz CT molecular complexity index is 2930. The Kier molecular flexibility index (Phi) is 13.7. The summed E-state index contributed by atoms with van der Waals surface area (Å²) in [6.07, 6.45) is 0.732. The molecule has 0 spiro atoms. The van der Waals surface area contributed by atoms with Crippen LogP contribution < -0.4 is 40.7 Å². The number of nitrogens with two attached hydrogens (primary N) is 2. The summed E-state index contributed by atoms with van der Waals surface area (Å²) < 4.78 is 25.5. The molecule has 66 heavy (non-hydrogen) atoms. The number of hydrazine groups is 2. The SMILES string of the molecule is Cc1ccc(Oc2cccc(N(N)c3ccc(CC(C)c4ccc(Oc5cccc(N(N)c6cccc(Oc7ccc(C(C)C)cc7)c6)c5)cc4)c(Oc4ccc(C)cc4C)c3)c2)c(C)c1. The fourth-order valence-corrected chi connectivity index (χ4v) is 7.92. The predicted molar refractivity (Wildman–Crippen MR) is 270 cm³/mol. The van der Waals surface area contributed by atoms with E-state index in [1.54, 1.807) is 10.0 Å². The van der Waals surface area contributed by atoms with Gasteiger partial charge in [0, 0.05) is 24.3 Å². The highest BCUT2D eigenvalue weighted by Crippen LogP contribution is 2.38. The first-order valence-electron chi connectivity index (χ1n) is 22.4. The Labute approximate surface area is 389 Å². The molecule has 0 heterocycles. The number of aryl methyl sites for hydroxylation is 4. The number of rotatable bonds is 16. The number of nitrogens with zero attached hydrogens (tertiary/aromatic N) is 2. The van der Waals surface area contributed by atoms with E-state index in [4.69, 9.17) is 30.6 Å². The number of benzene rings is 8. The van der Waals surface area contributed by atoms with Gasteiger partial charge in [0.25, 0.3) is 0 Å². The van der Waals surface area contributed by atoms with Crippen LogP contribution in [0.1, 0.15) is 71.6 Å². The van der Waals surface area contributed by atoms with Crippen molar-refractivity contribution in [1.82, 2.24) is 0 Å². The molecule has 8 aromatic carbocycles. The maximum atomic E-state index is 6.84. The van der Waals surface area contributed by atoms with E-state index in [2.05, 4.69) is 90.1 Å². The molecule has 0 aromatic heterocycles. The molecule has 4 N–H and O–H groups in total. The van der Waals surface area contributed by atoms with Crippen molar-refractivity contribution in [3.63, 3.8) is 0 Å². The van der Waals surface area contributed by atoms with E-state index in [0.29, 0.717) is 23.2 Å². The van der Waals surface area contributed by atoms with E-state index in [9.17, 15) is 0 Å². The predicted octanol–water partition coefficient (Wildman–Crippen LogP) is 15.6. The molecule has 0 bridgehead atoms. The maximum Gasteiger partial charge on any atom is 0.132 e. The van der Waals surface area contributed by atoms with Crippen LogP contribution in [0, 0.1) is 27.7 Å². The first-order chi connectivity index (χ1) is 31.8. The first-order valence-corrected chi connectivity index (χ1v) is 22.4. The summed E-state index contributed by atoms with van der Waals surface area (Å²) in [4.78, 5) is 0. The van der Waals surface area contributed by atoms with Crippen LogP contribution in [0.5, 0.6) is 46.0 Å². The quantitative estimate of drug-likeness (QED) is 0.0732. The van der Waals surface area contributed by atoms with Crippen molar-refractivity contribution >= 4 is 22.7 Å². The highest BCUT2D eigenvalue weighted by Gasteiger charge is 2.17. The van der Waals surface area contributed by atoms with Crippen molar-refractivity contribution in [2.24, 2.45) is 11.7 Å². The minimum atomic E-state index is 0.160. The topological polar surface area (TPSA) is 95.4 Å². The fourth-order valence-electron chi connectivity index (χ4n) is 7.92. The zero-order chi connectivity index (χ0) is 46.3. The average Bonchev–Trinajstić information content (AvgIpc) is 3.31. The third-order valence-electron chi connectivity index (χ3n) is 11.7. The Morgan fingerprint density at radius 2 is 0.833 bits per heavy atom. The molecule has 0 aliphatic rings. The van der Waals surface area contributed by atoms with Gasteiger partial charge in [-0.1, -0.05) is 105 Å². The standard InChI is InChI=1S/C58H58N4O4/c1-38(2)44-20-25-51(26-21-44)63-53-14-8-11-47(34-53)61(59)48-12-9-15-54(35-48)64-52-27-22-45(23-28-52)41(5)33-46-19-24-50(37-58(46)66-57-30-18-40(4)32-43(57)7)62(60)49-13-10-16-55(36-49)65-56-29-17-39(3)31-42(56)6/h8-32,34-38,41H,33,59-60H2,1-7H3. The molecule has 8 heteroatoms. The van der Waals surface area contributed by atoms with Gasteiger partial charge in [0.1, 0.15) is 46.0 Å².